The highest BCUT2D eigenvalue weighted by molar-refractivity contribution is 5.93. The van der Waals surface area contributed by atoms with Crippen molar-refractivity contribution in [3.63, 3.8) is 0 Å². The molecule has 1 aliphatic rings. The van der Waals surface area contributed by atoms with Crippen molar-refractivity contribution < 1.29 is 14.3 Å². The van der Waals surface area contributed by atoms with Crippen LogP contribution in [0.3, 0.4) is 0 Å². The summed E-state index contributed by atoms with van der Waals surface area (Å²) in [6.45, 7) is 6.22. The summed E-state index contributed by atoms with van der Waals surface area (Å²) < 4.78 is 5.02. The first-order valence-electron chi connectivity index (χ1n) is 10.0. The third-order valence-electron chi connectivity index (χ3n) is 5.99. The second-order valence-electron chi connectivity index (χ2n) is 8.62. The van der Waals surface area contributed by atoms with Gasteiger partial charge in [0.2, 0.25) is 0 Å². The normalized spacial score (nSPS) is 20.1. The Kier molecular flexibility index (Phi) is 6.13. The molecule has 2 atom stereocenters. The van der Waals surface area contributed by atoms with Crippen molar-refractivity contribution in [2.24, 2.45) is 5.41 Å². The van der Waals surface area contributed by atoms with Crippen LogP contribution < -0.4 is 5.32 Å². The van der Waals surface area contributed by atoms with Crippen molar-refractivity contribution in [3.05, 3.63) is 48.0 Å². The number of likely N-dealkylation sites (tertiary alicyclic amines) is 1. The molecular formula is C23H31N3O3. The average molecular weight is 398 g/mol. The molecule has 1 aliphatic heterocycles. The van der Waals surface area contributed by atoms with Crippen LogP contribution in [0, 0.1) is 5.41 Å². The van der Waals surface area contributed by atoms with Gasteiger partial charge in [-0.25, -0.2) is 9.59 Å². The Labute approximate surface area is 172 Å². The number of methoxy groups -OCH3 is 1. The molecule has 29 heavy (non-hydrogen) atoms. The van der Waals surface area contributed by atoms with E-state index in [1.54, 1.807) is 4.90 Å². The van der Waals surface area contributed by atoms with Crippen LogP contribution in [0.1, 0.15) is 31.9 Å². The highest BCUT2D eigenvalue weighted by Crippen LogP contribution is 2.32. The molecule has 1 saturated heterocycles. The van der Waals surface area contributed by atoms with Gasteiger partial charge in [-0.05, 0) is 41.8 Å². The van der Waals surface area contributed by atoms with Gasteiger partial charge in [-0.2, -0.15) is 0 Å². The molecule has 0 aliphatic carbocycles. The van der Waals surface area contributed by atoms with E-state index in [0.717, 1.165) is 35.8 Å². The molecule has 0 spiro atoms. The lowest BCUT2D eigenvalue weighted by atomic mass is 9.78. The van der Waals surface area contributed by atoms with Crippen LogP contribution in [-0.4, -0.2) is 62.1 Å². The Morgan fingerprint density at radius 3 is 2.59 bits per heavy atom. The van der Waals surface area contributed by atoms with E-state index in [4.69, 9.17) is 4.74 Å². The summed E-state index contributed by atoms with van der Waals surface area (Å²) in [6, 6.07) is 12.5. The molecule has 0 bridgehead atoms. The molecule has 0 aromatic heterocycles. The highest BCUT2D eigenvalue weighted by atomic mass is 16.5. The van der Waals surface area contributed by atoms with Crippen molar-refractivity contribution in [2.75, 3.05) is 34.3 Å². The number of amides is 2. The molecule has 2 unspecified atom stereocenters. The zero-order chi connectivity index (χ0) is 21.2. The largest absolute Gasteiger partial charge is 0.467 e. The lowest BCUT2D eigenvalue weighted by Gasteiger charge is -2.47. The summed E-state index contributed by atoms with van der Waals surface area (Å²) in [5.74, 6) is -0.481. The van der Waals surface area contributed by atoms with E-state index < -0.39 is 12.0 Å². The number of rotatable bonds is 4. The van der Waals surface area contributed by atoms with Crippen molar-refractivity contribution in [2.45, 2.75) is 32.4 Å². The molecule has 0 radical (unpaired) electrons. The zero-order valence-corrected chi connectivity index (χ0v) is 17.9. The Morgan fingerprint density at radius 1 is 1.21 bits per heavy atom. The number of piperidine rings is 1. The van der Waals surface area contributed by atoms with Gasteiger partial charge in [0.15, 0.2) is 6.04 Å². The van der Waals surface area contributed by atoms with Crippen LogP contribution in [0.25, 0.3) is 10.8 Å². The van der Waals surface area contributed by atoms with Gasteiger partial charge in [0.1, 0.15) is 0 Å². The standard InChI is InChI=1S/C23H31N3O3/c1-23(2)15-25(3)14-13-19(23)26(4)22(28)24-20(21(27)29-5)18-12-8-10-16-9-6-7-11-17(16)18/h6-12,19-20H,13-15H2,1-5H3,(H,24,28). The SMILES string of the molecule is COC(=O)C(NC(=O)N(C)C1CCN(C)CC1(C)C)c1cccc2ccccc12. The predicted molar refractivity (Wildman–Crippen MR) is 115 cm³/mol. The first-order valence-corrected chi connectivity index (χ1v) is 10.0. The van der Waals surface area contributed by atoms with Crippen molar-refractivity contribution in [1.82, 2.24) is 15.1 Å². The Hall–Kier alpha value is -2.60. The van der Waals surface area contributed by atoms with Crippen LogP contribution >= 0.6 is 0 Å². The molecule has 3 rings (SSSR count). The second kappa shape index (κ2) is 8.41. The fraction of sp³-hybridized carbons (Fsp3) is 0.478. The smallest absolute Gasteiger partial charge is 0.333 e. The van der Waals surface area contributed by atoms with Crippen LogP contribution in [0.2, 0.25) is 0 Å². The second-order valence-corrected chi connectivity index (χ2v) is 8.62. The minimum atomic E-state index is -0.865. The first-order chi connectivity index (χ1) is 13.7. The molecule has 6 heteroatoms. The maximum absolute atomic E-state index is 13.1. The van der Waals surface area contributed by atoms with E-state index in [-0.39, 0.29) is 17.5 Å². The molecule has 2 amide bonds. The summed E-state index contributed by atoms with van der Waals surface area (Å²) in [6.07, 6.45) is 0.893. The summed E-state index contributed by atoms with van der Waals surface area (Å²) >= 11 is 0. The minimum absolute atomic E-state index is 0.0424. The topological polar surface area (TPSA) is 61.9 Å². The van der Waals surface area contributed by atoms with E-state index in [2.05, 4.69) is 31.1 Å². The molecule has 2 aromatic carbocycles. The van der Waals surface area contributed by atoms with E-state index in [9.17, 15) is 9.59 Å². The lowest BCUT2D eigenvalue weighted by Crippen LogP contribution is -2.57. The summed E-state index contributed by atoms with van der Waals surface area (Å²) in [5.41, 5.74) is 0.693. The van der Waals surface area contributed by atoms with Gasteiger partial charge in [0.05, 0.1) is 7.11 Å². The van der Waals surface area contributed by atoms with Crippen LogP contribution in [-0.2, 0) is 9.53 Å². The van der Waals surface area contributed by atoms with E-state index >= 15 is 0 Å². The van der Waals surface area contributed by atoms with Gasteiger partial charge in [-0.3, -0.25) is 0 Å². The highest BCUT2D eigenvalue weighted by Gasteiger charge is 2.39. The number of hydrogen-bond acceptors (Lipinski definition) is 4. The predicted octanol–water partition coefficient (Wildman–Crippen LogP) is 3.43. The molecule has 1 N–H and O–H groups in total. The number of hydrogen-bond donors (Lipinski definition) is 1. The molecule has 1 fully saturated rings. The third-order valence-corrected chi connectivity index (χ3v) is 5.99. The minimum Gasteiger partial charge on any atom is -0.467 e. The van der Waals surface area contributed by atoms with Crippen molar-refractivity contribution in [3.8, 4) is 0 Å². The number of urea groups is 1. The van der Waals surface area contributed by atoms with E-state index in [0.29, 0.717) is 0 Å². The Balaban J connectivity index is 1.87. The molecule has 6 nitrogen and oxygen atoms in total. The molecule has 2 aromatic rings. The number of fused-ring (bicyclic) bond motifs is 1. The molecule has 0 saturated carbocycles. The van der Waals surface area contributed by atoms with Crippen molar-refractivity contribution in [1.29, 1.82) is 0 Å². The molecule has 156 valence electrons. The van der Waals surface area contributed by atoms with E-state index in [1.807, 2.05) is 49.5 Å². The van der Waals surface area contributed by atoms with Crippen LogP contribution in [0.4, 0.5) is 4.79 Å². The van der Waals surface area contributed by atoms with Crippen LogP contribution in [0.15, 0.2) is 42.5 Å². The summed E-state index contributed by atoms with van der Waals surface area (Å²) in [4.78, 5) is 29.8. The maximum Gasteiger partial charge on any atom is 0.333 e. The van der Waals surface area contributed by atoms with Gasteiger partial charge in [0, 0.05) is 19.6 Å². The number of benzene rings is 2. The number of nitrogens with zero attached hydrogens (tertiary/aromatic N) is 2. The number of nitrogens with one attached hydrogen (secondary N) is 1. The maximum atomic E-state index is 13.1. The molecular weight excluding hydrogens is 366 g/mol. The number of carbonyl (C=O) groups excluding carboxylic acids is 2. The van der Waals surface area contributed by atoms with Gasteiger partial charge in [0.25, 0.3) is 0 Å². The fourth-order valence-corrected chi connectivity index (χ4v) is 4.58. The lowest BCUT2D eigenvalue weighted by molar-refractivity contribution is -0.143. The third kappa shape index (κ3) is 4.37. The number of ether oxygens (including phenoxy) is 1. The summed E-state index contributed by atoms with van der Waals surface area (Å²) in [7, 11) is 5.26. The fourth-order valence-electron chi connectivity index (χ4n) is 4.58. The zero-order valence-electron chi connectivity index (χ0n) is 17.9. The molecule has 1 heterocycles. The van der Waals surface area contributed by atoms with Gasteiger partial charge < -0.3 is 19.9 Å². The van der Waals surface area contributed by atoms with Gasteiger partial charge in [-0.1, -0.05) is 56.3 Å². The monoisotopic (exact) mass is 397 g/mol. The van der Waals surface area contributed by atoms with Gasteiger partial charge >= 0.3 is 12.0 Å². The van der Waals surface area contributed by atoms with Gasteiger partial charge in [-0.15, -0.1) is 0 Å². The number of esters is 1. The van der Waals surface area contributed by atoms with Crippen LogP contribution in [0.5, 0.6) is 0 Å². The number of carbonyl (C=O) groups is 2. The summed E-state index contributed by atoms with van der Waals surface area (Å²) in [5, 5.41) is 4.86. The Morgan fingerprint density at radius 2 is 1.90 bits per heavy atom. The van der Waals surface area contributed by atoms with Crippen molar-refractivity contribution >= 4 is 22.8 Å². The quantitative estimate of drug-likeness (QED) is 0.803. The average Bonchev–Trinajstić information content (AvgIpc) is 2.69. The first kappa shape index (κ1) is 21.1. The Bertz CT molecular complexity index is 891. The van der Waals surface area contributed by atoms with E-state index in [1.165, 1.54) is 7.11 Å².